The minimum Gasteiger partial charge on any atom is -0.473 e. The molecule has 0 spiro atoms. The Bertz CT molecular complexity index is 396. The number of carbonyl (C=O) groups excluding carboxylic acids is 1. The molecule has 0 atom stereocenters. The number of nitrogens with one attached hydrogen (secondary N) is 1. The van der Waals surface area contributed by atoms with Crippen LogP contribution in [0.15, 0.2) is 24.3 Å². The summed E-state index contributed by atoms with van der Waals surface area (Å²) in [5, 5.41) is 11.5. The van der Waals surface area contributed by atoms with E-state index in [2.05, 4.69) is 12.2 Å². The van der Waals surface area contributed by atoms with Crippen molar-refractivity contribution in [1.29, 1.82) is 0 Å². The average Bonchev–Trinajstić information content (AvgIpc) is 2.45. The zero-order chi connectivity index (χ0) is 14.1. The van der Waals surface area contributed by atoms with Crippen LogP contribution in [-0.2, 0) is 6.42 Å². The fraction of sp³-hybridized carbons (Fsp3) is 0.500. The molecule has 5 nitrogen and oxygen atoms in total. The molecule has 2 amide bonds. The van der Waals surface area contributed by atoms with Crippen LogP contribution >= 0.6 is 0 Å². The Kier molecular flexibility index (Phi) is 6.74. The maximum atomic E-state index is 11.7. The summed E-state index contributed by atoms with van der Waals surface area (Å²) in [5.41, 5.74) is 1.11. The molecule has 0 aliphatic carbocycles. The lowest BCUT2D eigenvalue weighted by Gasteiger charge is -2.20. The highest BCUT2D eigenvalue weighted by Crippen LogP contribution is 2.17. The Balaban J connectivity index is 2.43. The van der Waals surface area contributed by atoms with Gasteiger partial charge < -0.3 is 20.1 Å². The number of nitrogens with zero attached hydrogens (tertiary/aromatic N) is 1. The number of ether oxygens (including phenoxy) is 1. The molecule has 0 saturated heterocycles. The van der Waals surface area contributed by atoms with Gasteiger partial charge in [0, 0.05) is 13.1 Å². The van der Waals surface area contributed by atoms with E-state index in [1.54, 1.807) is 0 Å². The topological polar surface area (TPSA) is 61.8 Å². The molecular weight excluding hydrogens is 244 g/mol. The number of carbonyl (C=O) groups is 1. The van der Waals surface area contributed by atoms with Crippen LogP contribution in [0.25, 0.3) is 0 Å². The molecule has 0 radical (unpaired) electrons. The van der Waals surface area contributed by atoms with Crippen LogP contribution in [0.1, 0.15) is 19.4 Å². The maximum Gasteiger partial charge on any atom is 0.320 e. The van der Waals surface area contributed by atoms with Gasteiger partial charge in [-0.3, -0.25) is 0 Å². The number of para-hydroxylation sites is 1. The summed E-state index contributed by atoms with van der Waals surface area (Å²) in [4.78, 5) is 13.3. The number of hydrogen-bond acceptors (Lipinski definition) is 3. The van der Waals surface area contributed by atoms with Crippen molar-refractivity contribution in [1.82, 2.24) is 10.2 Å². The van der Waals surface area contributed by atoms with E-state index >= 15 is 0 Å². The summed E-state index contributed by atoms with van der Waals surface area (Å²) in [6.45, 7) is 4.88. The molecule has 0 aliphatic rings. The van der Waals surface area contributed by atoms with Crippen LogP contribution < -0.4 is 10.1 Å². The number of rotatable bonds is 7. The van der Waals surface area contributed by atoms with Crippen LogP contribution in [0.5, 0.6) is 5.75 Å². The summed E-state index contributed by atoms with van der Waals surface area (Å²) >= 11 is 0. The number of likely N-dealkylation sites (N-methyl/N-ethyl adjacent to an activating group) is 1. The second kappa shape index (κ2) is 8.37. The summed E-state index contributed by atoms with van der Waals surface area (Å²) in [7, 11) is 0. The summed E-state index contributed by atoms with van der Waals surface area (Å²) in [5.74, 6) is 0.788. The van der Waals surface area contributed by atoms with Crippen molar-refractivity contribution in [2.45, 2.75) is 20.3 Å². The average molecular weight is 266 g/mol. The number of urea groups is 1. The molecule has 0 bridgehead atoms. The summed E-state index contributed by atoms with van der Waals surface area (Å²) in [6.07, 6.45) is 0.885. The number of benzene rings is 1. The minimum atomic E-state index is -0.231. The first-order valence-corrected chi connectivity index (χ1v) is 6.57. The van der Waals surface area contributed by atoms with Crippen molar-refractivity contribution in [3.8, 4) is 5.75 Å². The predicted octanol–water partition coefficient (Wildman–Crippen LogP) is 1.61. The Morgan fingerprint density at radius 1 is 1.37 bits per heavy atom. The molecule has 0 aliphatic heterocycles. The van der Waals surface area contributed by atoms with E-state index < -0.39 is 0 Å². The molecule has 1 aromatic carbocycles. The SMILES string of the molecule is CCc1ccccc1OCNC(=O)N(CC)CCO. The van der Waals surface area contributed by atoms with Gasteiger partial charge >= 0.3 is 6.03 Å². The van der Waals surface area contributed by atoms with E-state index in [1.165, 1.54) is 4.90 Å². The first-order valence-electron chi connectivity index (χ1n) is 6.57. The van der Waals surface area contributed by atoms with Crippen LogP contribution in [0.2, 0.25) is 0 Å². The standard InChI is InChI=1S/C14H22N2O3/c1-3-12-7-5-6-8-13(12)19-11-15-14(18)16(4-2)9-10-17/h5-8,17H,3-4,9-11H2,1-2H3,(H,15,18). The fourth-order valence-corrected chi connectivity index (χ4v) is 1.75. The van der Waals surface area contributed by atoms with E-state index in [0.29, 0.717) is 13.1 Å². The normalized spacial score (nSPS) is 10.1. The first-order chi connectivity index (χ1) is 9.22. The van der Waals surface area contributed by atoms with Gasteiger partial charge in [0.2, 0.25) is 0 Å². The van der Waals surface area contributed by atoms with Crippen LogP contribution in [0, 0.1) is 0 Å². The van der Waals surface area contributed by atoms with E-state index in [0.717, 1.165) is 17.7 Å². The lowest BCUT2D eigenvalue weighted by molar-refractivity contribution is 0.170. The molecule has 19 heavy (non-hydrogen) atoms. The number of aliphatic hydroxyl groups excluding tert-OH is 1. The summed E-state index contributed by atoms with van der Waals surface area (Å²) in [6, 6.07) is 7.52. The van der Waals surface area contributed by atoms with Gasteiger partial charge in [-0.25, -0.2) is 4.79 Å². The molecule has 5 heteroatoms. The predicted molar refractivity (Wildman–Crippen MR) is 74.2 cm³/mol. The lowest BCUT2D eigenvalue weighted by atomic mass is 10.1. The Morgan fingerprint density at radius 3 is 2.74 bits per heavy atom. The van der Waals surface area contributed by atoms with Gasteiger partial charge in [0.05, 0.1) is 6.61 Å². The monoisotopic (exact) mass is 266 g/mol. The molecule has 0 unspecified atom stereocenters. The Morgan fingerprint density at radius 2 is 2.11 bits per heavy atom. The third-order valence-electron chi connectivity index (χ3n) is 2.84. The van der Waals surface area contributed by atoms with E-state index in [-0.39, 0.29) is 19.4 Å². The van der Waals surface area contributed by atoms with Crippen molar-refractivity contribution < 1.29 is 14.6 Å². The lowest BCUT2D eigenvalue weighted by Crippen LogP contribution is -2.42. The van der Waals surface area contributed by atoms with Crippen molar-refractivity contribution in [2.24, 2.45) is 0 Å². The second-order valence-corrected chi connectivity index (χ2v) is 4.04. The molecule has 106 valence electrons. The van der Waals surface area contributed by atoms with Crippen molar-refractivity contribution in [3.63, 3.8) is 0 Å². The highest BCUT2D eigenvalue weighted by Gasteiger charge is 2.10. The quantitative estimate of drug-likeness (QED) is 0.737. The smallest absolute Gasteiger partial charge is 0.320 e. The van der Waals surface area contributed by atoms with E-state index in [4.69, 9.17) is 9.84 Å². The molecule has 0 saturated carbocycles. The molecule has 0 fully saturated rings. The van der Waals surface area contributed by atoms with Gasteiger partial charge in [-0.05, 0) is 25.0 Å². The van der Waals surface area contributed by atoms with Crippen molar-refractivity contribution in [3.05, 3.63) is 29.8 Å². The zero-order valence-corrected chi connectivity index (χ0v) is 11.6. The molecule has 1 aromatic rings. The van der Waals surface area contributed by atoms with Crippen molar-refractivity contribution in [2.75, 3.05) is 26.4 Å². The molecular formula is C14H22N2O3. The van der Waals surface area contributed by atoms with Gasteiger partial charge in [-0.15, -0.1) is 0 Å². The third-order valence-corrected chi connectivity index (χ3v) is 2.84. The van der Waals surface area contributed by atoms with Gasteiger partial charge in [-0.2, -0.15) is 0 Å². The van der Waals surface area contributed by atoms with Gasteiger partial charge in [0.25, 0.3) is 0 Å². The highest BCUT2D eigenvalue weighted by molar-refractivity contribution is 5.73. The van der Waals surface area contributed by atoms with Gasteiger partial charge in [0.1, 0.15) is 5.75 Å². The number of hydrogen-bond donors (Lipinski definition) is 2. The van der Waals surface area contributed by atoms with Crippen LogP contribution in [-0.4, -0.2) is 42.5 Å². The number of aryl methyl sites for hydroxylation is 1. The van der Waals surface area contributed by atoms with Crippen LogP contribution in [0.3, 0.4) is 0 Å². The minimum absolute atomic E-state index is 0.0409. The Hall–Kier alpha value is -1.75. The fourth-order valence-electron chi connectivity index (χ4n) is 1.75. The van der Waals surface area contributed by atoms with Crippen LogP contribution in [0.4, 0.5) is 4.79 Å². The summed E-state index contributed by atoms with van der Waals surface area (Å²) < 4.78 is 5.55. The van der Waals surface area contributed by atoms with E-state index in [1.807, 2.05) is 31.2 Å². The van der Waals surface area contributed by atoms with Gasteiger partial charge in [-0.1, -0.05) is 25.1 Å². The Labute approximate surface area is 114 Å². The molecule has 1 rings (SSSR count). The molecule has 0 heterocycles. The first kappa shape index (κ1) is 15.3. The second-order valence-electron chi connectivity index (χ2n) is 4.04. The van der Waals surface area contributed by atoms with E-state index in [9.17, 15) is 4.79 Å². The zero-order valence-electron chi connectivity index (χ0n) is 11.6. The highest BCUT2D eigenvalue weighted by atomic mass is 16.5. The molecule has 0 aromatic heterocycles. The number of aliphatic hydroxyl groups is 1. The third kappa shape index (κ3) is 4.79. The number of amides is 2. The largest absolute Gasteiger partial charge is 0.473 e. The van der Waals surface area contributed by atoms with Crippen molar-refractivity contribution >= 4 is 6.03 Å². The molecule has 2 N–H and O–H groups in total. The van der Waals surface area contributed by atoms with Gasteiger partial charge in [0.15, 0.2) is 6.73 Å². The maximum absolute atomic E-state index is 11.7.